The van der Waals surface area contributed by atoms with Crippen LogP contribution in [0.3, 0.4) is 0 Å². The summed E-state index contributed by atoms with van der Waals surface area (Å²) in [5.41, 5.74) is -0.442. The van der Waals surface area contributed by atoms with Gasteiger partial charge in [0.05, 0.1) is 11.3 Å². The maximum atomic E-state index is 12.4. The van der Waals surface area contributed by atoms with E-state index in [-0.39, 0.29) is 5.56 Å². The number of hydrogen-bond donors (Lipinski definition) is 2. The predicted molar refractivity (Wildman–Crippen MR) is 73.9 cm³/mol. The molecule has 0 aliphatic heterocycles. The molecule has 0 fully saturated rings. The van der Waals surface area contributed by atoms with Crippen molar-refractivity contribution < 1.29 is 14.7 Å². The molecule has 0 bridgehead atoms. The van der Waals surface area contributed by atoms with Crippen LogP contribution in [0.1, 0.15) is 42.7 Å². The van der Waals surface area contributed by atoms with E-state index in [1.807, 2.05) is 0 Å². The second kappa shape index (κ2) is 5.47. The fraction of sp³-hybridized carbons (Fsp3) is 0.462. The third-order valence-electron chi connectivity index (χ3n) is 3.76. The van der Waals surface area contributed by atoms with Crippen molar-refractivity contribution in [2.75, 3.05) is 0 Å². The summed E-state index contributed by atoms with van der Waals surface area (Å²) in [4.78, 5) is 31.8. The molecule has 0 radical (unpaired) electrons. The monoisotopic (exact) mass is 291 g/mol. The minimum Gasteiger partial charge on any atom is -0.480 e. The Morgan fingerprint density at radius 2 is 2.00 bits per heavy atom. The predicted octanol–water partition coefficient (Wildman–Crippen LogP) is 0.806. The van der Waals surface area contributed by atoms with Gasteiger partial charge in [0.15, 0.2) is 0 Å². The average molecular weight is 291 g/mol. The van der Waals surface area contributed by atoms with Crippen LogP contribution in [0, 0.1) is 6.92 Å². The Balaban J connectivity index is 2.38. The summed E-state index contributed by atoms with van der Waals surface area (Å²) < 4.78 is 1.44. The number of nitrogens with zero attached hydrogens (tertiary/aromatic N) is 4. The Bertz CT molecular complexity index is 690. The van der Waals surface area contributed by atoms with Crippen molar-refractivity contribution in [1.29, 1.82) is 0 Å². The lowest BCUT2D eigenvalue weighted by Gasteiger charge is -2.28. The van der Waals surface area contributed by atoms with Crippen LogP contribution in [-0.4, -0.2) is 42.1 Å². The minimum absolute atomic E-state index is 0.278. The molecule has 2 heterocycles. The van der Waals surface area contributed by atoms with Gasteiger partial charge in [0, 0.05) is 6.20 Å². The van der Waals surface area contributed by atoms with E-state index in [4.69, 9.17) is 0 Å². The lowest BCUT2D eigenvalue weighted by atomic mass is 9.92. The van der Waals surface area contributed by atoms with Gasteiger partial charge in [-0.15, -0.1) is 0 Å². The number of carboxylic acid groups (broad SMARTS) is 1. The third kappa shape index (κ3) is 2.44. The van der Waals surface area contributed by atoms with Crippen LogP contribution in [0.2, 0.25) is 0 Å². The molecule has 2 aromatic rings. The summed E-state index contributed by atoms with van der Waals surface area (Å²) in [7, 11) is 0. The second-order valence-electron chi connectivity index (χ2n) is 4.78. The Labute approximate surface area is 121 Å². The molecule has 0 unspecified atom stereocenters. The van der Waals surface area contributed by atoms with Crippen molar-refractivity contribution in [3.63, 3.8) is 0 Å². The first-order chi connectivity index (χ1) is 9.95. The summed E-state index contributed by atoms with van der Waals surface area (Å²) in [5.74, 6) is -1.14. The molecule has 112 valence electrons. The fourth-order valence-electron chi connectivity index (χ4n) is 2.18. The van der Waals surface area contributed by atoms with Crippen LogP contribution in [-0.2, 0) is 4.79 Å². The van der Waals surface area contributed by atoms with Crippen LogP contribution < -0.4 is 5.32 Å². The molecule has 2 aromatic heterocycles. The highest BCUT2D eigenvalue weighted by Crippen LogP contribution is 2.17. The highest BCUT2D eigenvalue weighted by molar-refractivity contribution is 5.98. The first kappa shape index (κ1) is 14.9. The van der Waals surface area contributed by atoms with Gasteiger partial charge in [-0.2, -0.15) is 10.1 Å². The van der Waals surface area contributed by atoms with Gasteiger partial charge in [-0.05, 0) is 19.8 Å². The number of fused-ring (bicyclic) bond motifs is 1. The zero-order chi connectivity index (χ0) is 15.6. The van der Waals surface area contributed by atoms with Crippen LogP contribution >= 0.6 is 0 Å². The quantitative estimate of drug-likeness (QED) is 0.843. The number of rotatable bonds is 5. The summed E-state index contributed by atoms with van der Waals surface area (Å²) in [6.45, 7) is 5.16. The Hall–Kier alpha value is -2.51. The maximum Gasteiger partial charge on any atom is 0.329 e. The van der Waals surface area contributed by atoms with Crippen molar-refractivity contribution in [1.82, 2.24) is 24.9 Å². The van der Waals surface area contributed by atoms with Gasteiger partial charge >= 0.3 is 5.97 Å². The van der Waals surface area contributed by atoms with Gasteiger partial charge in [-0.1, -0.05) is 13.8 Å². The van der Waals surface area contributed by atoms with Gasteiger partial charge in [0.1, 0.15) is 11.9 Å². The lowest BCUT2D eigenvalue weighted by molar-refractivity contribution is -0.144. The normalized spacial score (nSPS) is 11.6. The Morgan fingerprint density at radius 1 is 1.33 bits per heavy atom. The van der Waals surface area contributed by atoms with E-state index in [0.717, 1.165) is 0 Å². The number of amides is 1. The van der Waals surface area contributed by atoms with Crippen molar-refractivity contribution >= 4 is 17.7 Å². The van der Waals surface area contributed by atoms with Gasteiger partial charge in [-0.25, -0.2) is 14.3 Å². The number of aliphatic carboxylic acids is 1. The zero-order valence-electron chi connectivity index (χ0n) is 12.1. The number of carbonyl (C=O) groups is 2. The molecule has 0 saturated carbocycles. The molecule has 0 aliphatic rings. The average Bonchev–Trinajstić information content (AvgIpc) is 2.94. The molecular weight excluding hydrogens is 274 g/mol. The first-order valence-electron chi connectivity index (χ1n) is 6.66. The summed E-state index contributed by atoms with van der Waals surface area (Å²) >= 11 is 0. The molecule has 2 N–H and O–H groups in total. The number of carboxylic acids is 1. The summed E-state index contributed by atoms with van der Waals surface area (Å²) in [6, 6.07) is 0. The number of hydrogen-bond acceptors (Lipinski definition) is 5. The van der Waals surface area contributed by atoms with Crippen LogP contribution in [0.5, 0.6) is 0 Å². The maximum absolute atomic E-state index is 12.4. The van der Waals surface area contributed by atoms with E-state index in [1.165, 1.54) is 17.0 Å². The molecule has 0 atom stereocenters. The topological polar surface area (TPSA) is 109 Å². The van der Waals surface area contributed by atoms with Crippen molar-refractivity contribution in [3.05, 3.63) is 23.8 Å². The molecule has 0 saturated heterocycles. The lowest BCUT2D eigenvalue weighted by Crippen LogP contribution is -2.53. The third-order valence-corrected chi connectivity index (χ3v) is 3.76. The smallest absolute Gasteiger partial charge is 0.329 e. The summed E-state index contributed by atoms with van der Waals surface area (Å²) in [5, 5.41) is 16.0. The zero-order valence-corrected chi connectivity index (χ0v) is 12.1. The highest BCUT2D eigenvalue weighted by Gasteiger charge is 2.37. The molecule has 8 nitrogen and oxygen atoms in total. The van der Waals surface area contributed by atoms with E-state index in [9.17, 15) is 14.7 Å². The van der Waals surface area contributed by atoms with Crippen molar-refractivity contribution in [3.8, 4) is 0 Å². The van der Waals surface area contributed by atoms with Gasteiger partial charge in [0.2, 0.25) is 0 Å². The van der Waals surface area contributed by atoms with Crippen molar-refractivity contribution in [2.24, 2.45) is 0 Å². The largest absolute Gasteiger partial charge is 0.480 e. The molecule has 1 amide bonds. The van der Waals surface area contributed by atoms with Crippen LogP contribution in [0.15, 0.2) is 12.5 Å². The number of aryl methyl sites for hydroxylation is 1. The SMILES string of the molecule is CCC(CC)(NC(=O)c1cnc2ncnn2c1C)C(=O)O. The highest BCUT2D eigenvalue weighted by atomic mass is 16.4. The van der Waals surface area contributed by atoms with Gasteiger partial charge in [0.25, 0.3) is 11.7 Å². The van der Waals surface area contributed by atoms with Gasteiger partial charge in [-0.3, -0.25) is 4.79 Å². The van der Waals surface area contributed by atoms with E-state index < -0.39 is 17.4 Å². The Kier molecular flexibility index (Phi) is 3.88. The number of carbonyl (C=O) groups excluding carboxylic acids is 1. The van der Waals surface area contributed by atoms with E-state index in [0.29, 0.717) is 24.3 Å². The summed E-state index contributed by atoms with van der Waals surface area (Å²) in [6.07, 6.45) is 3.31. The fourth-order valence-corrected chi connectivity index (χ4v) is 2.18. The molecule has 21 heavy (non-hydrogen) atoms. The number of nitrogens with one attached hydrogen (secondary N) is 1. The van der Waals surface area contributed by atoms with Crippen molar-refractivity contribution in [2.45, 2.75) is 39.2 Å². The standard InChI is InChI=1S/C13H17N5O3/c1-4-13(5-2,11(20)21)17-10(19)9-6-14-12-15-7-16-18(12)8(9)3/h6-7H,4-5H2,1-3H3,(H,17,19)(H,20,21). The van der Waals surface area contributed by atoms with Gasteiger partial charge < -0.3 is 10.4 Å². The molecule has 8 heteroatoms. The minimum atomic E-state index is -1.28. The first-order valence-corrected chi connectivity index (χ1v) is 6.66. The second-order valence-corrected chi connectivity index (χ2v) is 4.78. The van der Waals surface area contributed by atoms with E-state index in [1.54, 1.807) is 20.8 Å². The van der Waals surface area contributed by atoms with E-state index >= 15 is 0 Å². The van der Waals surface area contributed by atoms with E-state index in [2.05, 4.69) is 20.4 Å². The molecule has 0 aromatic carbocycles. The molecule has 0 aliphatic carbocycles. The molecular formula is C13H17N5O3. The number of aromatic nitrogens is 4. The van der Waals surface area contributed by atoms with Crippen LogP contribution in [0.25, 0.3) is 5.78 Å². The molecule has 2 rings (SSSR count). The molecule has 0 spiro atoms. The Morgan fingerprint density at radius 3 is 2.57 bits per heavy atom. The van der Waals surface area contributed by atoms with Crippen LogP contribution in [0.4, 0.5) is 0 Å².